The number of hydrogen-bond acceptors (Lipinski definition) is 6. The molecule has 41 heavy (non-hydrogen) atoms. The van der Waals surface area contributed by atoms with E-state index >= 15 is 0 Å². The molecule has 0 saturated heterocycles. The number of nitrogens with one attached hydrogen (secondary N) is 1. The van der Waals surface area contributed by atoms with E-state index < -0.39 is 23.5 Å². The molecule has 3 aromatic rings. The number of amides is 1. The summed E-state index contributed by atoms with van der Waals surface area (Å²) >= 11 is 0. The third-order valence-electron chi connectivity index (χ3n) is 6.84. The minimum Gasteiger partial charge on any atom is -0.496 e. The van der Waals surface area contributed by atoms with Crippen LogP contribution in [0, 0.1) is 5.82 Å². The van der Waals surface area contributed by atoms with E-state index in [1.165, 1.54) is 12.1 Å². The lowest BCUT2D eigenvalue weighted by molar-refractivity contribution is -0.155. The van der Waals surface area contributed by atoms with E-state index in [1.54, 1.807) is 65.3 Å². The monoisotopic (exact) mass is 563 g/mol. The van der Waals surface area contributed by atoms with Gasteiger partial charge in [0.2, 0.25) is 0 Å². The van der Waals surface area contributed by atoms with E-state index in [-0.39, 0.29) is 24.0 Å². The fraction of sp³-hybridized carbons (Fsp3) is 0.406. The summed E-state index contributed by atoms with van der Waals surface area (Å²) in [6, 6.07) is 12.7. The molecule has 4 rings (SSSR count). The maximum atomic E-state index is 13.6. The number of ether oxygens (including phenoxy) is 3. The van der Waals surface area contributed by atoms with Crippen molar-refractivity contribution < 1.29 is 28.2 Å². The molecule has 1 amide bonds. The summed E-state index contributed by atoms with van der Waals surface area (Å²) in [4.78, 5) is 26.3. The van der Waals surface area contributed by atoms with Gasteiger partial charge in [0.25, 0.3) is 5.91 Å². The second-order valence-electron chi connectivity index (χ2n) is 11.1. The molecule has 1 fully saturated rings. The molecule has 8 nitrogen and oxygen atoms in total. The van der Waals surface area contributed by atoms with Gasteiger partial charge in [-0.3, -0.25) is 14.3 Å². The van der Waals surface area contributed by atoms with Crippen molar-refractivity contribution in [2.45, 2.75) is 70.6 Å². The Hall–Kier alpha value is -4.14. The van der Waals surface area contributed by atoms with Crippen molar-refractivity contribution in [1.82, 2.24) is 15.1 Å². The van der Waals surface area contributed by atoms with Crippen LogP contribution in [0.4, 0.5) is 4.39 Å². The van der Waals surface area contributed by atoms with Gasteiger partial charge in [-0.2, -0.15) is 5.10 Å². The van der Waals surface area contributed by atoms with Gasteiger partial charge in [0.1, 0.15) is 22.9 Å². The largest absolute Gasteiger partial charge is 0.496 e. The standard InChI is InChI=1S/C32H38FN3O5/c1-32(2,3)41-29(37)19-23(18-15-21-13-16-22(33)17-14-21)34-31(38)25-20-26(36(35-25)24-9-6-7-10-24)30-27(39-4)11-8-12-28(30)40-5/h8,11-18,20,23-24H,6-7,9-10,19H2,1-5H3,(H,34,38). The third-order valence-corrected chi connectivity index (χ3v) is 6.84. The molecule has 0 bridgehead atoms. The first-order chi connectivity index (χ1) is 19.6. The summed E-state index contributed by atoms with van der Waals surface area (Å²) in [5, 5.41) is 7.68. The van der Waals surface area contributed by atoms with E-state index in [0.717, 1.165) is 42.5 Å². The molecular weight excluding hydrogens is 525 g/mol. The highest BCUT2D eigenvalue weighted by Gasteiger charge is 2.28. The first-order valence-corrected chi connectivity index (χ1v) is 13.9. The van der Waals surface area contributed by atoms with Crippen molar-refractivity contribution in [3.8, 4) is 22.8 Å². The van der Waals surface area contributed by atoms with Crippen LogP contribution in [0.25, 0.3) is 17.3 Å². The zero-order valence-electron chi connectivity index (χ0n) is 24.3. The quantitative estimate of drug-likeness (QED) is 0.289. The highest BCUT2D eigenvalue weighted by atomic mass is 19.1. The van der Waals surface area contributed by atoms with Crippen LogP contribution in [0.3, 0.4) is 0 Å². The number of carbonyl (C=O) groups excluding carboxylic acids is 2. The van der Waals surface area contributed by atoms with Gasteiger partial charge in [-0.15, -0.1) is 0 Å². The van der Waals surface area contributed by atoms with Crippen molar-refractivity contribution in [2.75, 3.05) is 14.2 Å². The molecule has 218 valence electrons. The molecule has 1 unspecified atom stereocenters. The van der Waals surface area contributed by atoms with Gasteiger partial charge >= 0.3 is 5.97 Å². The second-order valence-corrected chi connectivity index (χ2v) is 11.1. The topological polar surface area (TPSA) is 91.7 Å². The number of nitrogens with zero attached hydrogens (tertiary/aromatic N) is 2. The highest BCUT2D eigenvalue weighted by Crippen LogP contribution is 2.41. The summed E-state index contributed by atoms with van der Waals surface area (Å²) < 4.78 is 32.1. The number of hydrogen-bond donors (Lipinski definition) is 1. The minimum atomic E-state index is -0.691. The Kier molecular flexibility index (Phi) is 9.47. The number of aromatic nitrogens is 2. The predicted molar refractivity (Wildman–Crippen MR) is 155 cm³/mol. The van der Waals surface area contributed by atoms with Crippen LogP contribution in [-0.2, 0) is 9.53 Å². The van der Waals surface area contributed by atoms with Crippen LogP contribution in [0.15, 0.2) is 54.6 Å². The first kappa shape index (κ1) is 29.8. The summed E-state index contributed by atoms with van der Waals surface area (Å²) in [5.41, 5.74) is 1.71. The van der Waals surface area contributed by atoms with Gasteiger partial charge in [0.15, 0.2) is 5.69 Å². The van der Waals surface area contributed by atoms with Crippen LogP contribution >= 0.6 is 0 Å². The zero-order valence-corrected chi connectivity index (χ0v) is 24.3. The Labute approximate surface area is 240 Å². The smallest absolute Gasteiger partial charge is 0.308 e. The number of methoxy groups -OCH3 is 2. The van der Waals surface area contributed by atoms with Crippen LogP contribution in [-0.4, -0.2) is 47.5 Å². The summed E-state index contributed by atoms with van der Waals surface area (Å²) in [7, 11) is 3.19. The molecule has 2 aromatic carbocycles. The van der Waals surface area contributed by atoms with Crippen LogP contribution in [0.5, 0.6) is 11.5 Å². The predicted octanol–water partition coefficient (Wildman–Crippen LogP) is 6.37. The SMILES string of the molecule is COc1cccc(OC)c1-c1cc(C(=O)NC(C=Cc2ccc(F)cc2)CC(=O)OC(C)(C)C)nn1C1CCCC1. The molecule has 0 radical (unpaired) electrons. The van der Waals surface area contributed by atoms with Gasteiger partial charge in [0, 0.05) is 0 Å². The number of benzene rings is 2. The molecule has 1 aliphatic rings. The molecule has 1 aromatic heterocycles. The van der Waals surface area contributed by atoms with Crippen molar-refractivity contribution in [3.63, 3.8) is 0 Å². The molecule has 1 saturated carbocycles. The van der Waals surface area contributed by atoms with Crippen molar-refractivity contribution in [1.29, 1.82) is 0 Å². The average molecular weight is 564 g/mol. The van der Waals surface area contributed by atoms with E-state index in [4.69, 9.17) is 19.3 Å². The van der Waals surface area contributed by atoms with Gasteiger partial charge in [-0.1, -0.05) is 43.2 Å². The lowest BCUT2D eigenvalue weighted by Crippen LogP contribution is -2.37. The van der Waals surface area contributed by atoms with Gasteiger partial charge < -0.3 is 19.5 Å². The fourth-order valence-electron chi connectivity index (χ4n) is 5.00. The molecule has 9 heteroatoms. The normalized spacial score (nSPS) is 14.7. The molecule has 0 aliphatic heterocycles. The molecule has 1 atom stereocenters. The molecular formula is C32H38FN3O5. The summed E-state index contributed by atoms with van der Waals surface area (Å²) in [5.74, 6) is -0.0151. The number of carbonyl (C=O) groups is 2. The Morgan fingerprint density at radius 1 is 1.07 bits per heavy atom. The molecule has 1 heterocycles. The van der Waals surface area contributed by atoms with E-state index in [9.17, 15) is 14.0 Å². The second kappa shape index (κ2) is 13.0. The summed E-state index contributed by atoms with van der Waals surface area (Å²) in [6.07, 6.45) is 7.42. The minimum absolute atomic E-state index is 0.0861. The number of halogens is 1. The van der Waals surface area contributed by atoms with Crippen molar-refractivity contribution >= 4 is 18.0 Å². The third kappa shape index (κ3) is 7.74. The molecule has 0 spiro atoms. The van der Waals surface area contributed by atoms with Crippen molar-refractivity contribution in [3.05, 3.63) is 71.7 Å². The number of rotatable bonds is 10. The highest BCUT2D eigenvalue weighted by molar-refractivity contribution is 5.94. The maximum Gasteiger partial charge on any atom is 0.308 e. The van der Waals surface area contributed by atoms with Crippen molar-refractivity contribution in [2.24, 2.45) is 0 Å². The zero-order chi connectivity index (χ0) is 29.6. The van der Waals surface area contributed by atoms with E-state index in [0.29, 0.717) is 11.5 Å². The maximum absolute atomic E-state index is 13.6. The average Bonchev–Trinajstić information content (AvgIpc) is 3.61. The lowest BCUT2D eigenvalue weighted by atomic mass is 10.1. The van der Waals surface area contributed by atoms with Gasteiger partial charge in [-0.25, -0.2) is 4.39 Å². The lowest BCUT2D eigenvalue weighted by Gasteiger charge is -2.21. The van der Waals surface area contributed by atoms with Crippen LogP contribution in [0.1, 0.15) is 75.0 Å². The van der Waals surface area contributed by atoms with Crippen LogP contribution < -0.4 is 14.8 Å². The van der Waals surface area contributed by atoms with Gasteiger partial charge in [-0.05, 0) is 69.5 Å². The molecule has 1 aliphatic carbocycles. The van der Waals surface area contributed by atoms with E-state index in [2.05, 4.69) is 5.32 Å². The summed E-state index contributed by atoms with van der Waals surface area (Å²) in [6.45, 7) is 5.36. The van der Waals surface area contributed by atoms with Gasteiger partial charge in [0.05, 0.1) is 44.0 Å². The Bertz CT molecular complexity index is 1360. The molecule has 1 N–H and O–H groups in total. The fourth-order valence-corrected chi connectivity index (χ4v) is 5.00. The van der Waals surface area contributed by atoms with E-state index in [1.807, 2.05) is 22.9 Å². The Morgan fingerprint density at radius 2 is 1.71 bits per heavy atom. The first-order valence-electron chi connectivity index (χ1n) is 13.9. The Morgan fingerprint density at radius 3 is 2.29 bits per heavy atom. The Balaban J connectivity index is 1.67. The van der Waals surface area contributed by atoms with Crippen LogP contribution in [0.2, 0.25) is 0 Å². The number of esters is 1.